The first-order valence-corrected chi connectivity index (χ1v) is 34.0. The summed E-state index contributed by atoms with van der Waals surface area (Å²) in [6.45, 7) is 24.2. The van der Waals surface area contributed by atoms with Crippen molar-refractivity contribution in [3.63, 3.8) is 0 Å². The highest BCUT2D eigenvalue weighted by molar-refractivity contribution is 8.77. The van der Waals surface area contributed by atoms with Crippen LogP contribution in [-0.2, 0) is 39.8 Å². The summed E-state index contributed by atoms with van der Waals surface area (Å²) in [7, 11) is 0.562. The van der Waals surface area contributed by atoms with E-state index in [-0.39, 0.29) is 0 Å². The van der Waals surface area contributed by atoms with Crippen LogP contribution in [0.15, 0.2) is 0 Å². The Bertz CT molecular complexity index is 845. The average molecular weight is 942 g/mol. The highest BCUT2D eigenvalue weighted by Crippen LogP contribution is 2.42. The maximum absolute atomic E-state index is 6.08. The first kappa shape index (κ1) is 56.1. The van der Waals surface area contributed by atoms with E-state index < -0.39 is 26.4 Å². The summed E-state index contributed by atoms with van der Waals surface area (Å²) >= 11 is 2.11. The van der Waals surface area contributed by atoms with Gasteiger partial charge in [0.15, 0.2) is 0 Å². The van der Waals surface area contributed by atoms with E-state index in [0.717, 1.165) is 72.4 Å². The maximum atomic E-state index is 6.08. The van der Waals surface area contributed by atoms with Crippen LogP contribution in [0.25, 0.3) is 0 Å². The second-order valence-corrected chi connectivity index (χ2v) is 28.5. The number of hydrogen-bond donors (Lipinski definition) is 0. The Morgan fingerprint density at radius 3 is 1.09 bits per heavy atom. The van der Waals surface area contributed by atoms with Crippen molar-refractivity contribution in [2.24, 2.45) is 17.8 Å². The SMILES string of the molecule is CCO[Si](CCCSCCC1CCC(CCSSCCC[Si](OCC)(OCC)OCC)C(CCSSCCC[Si](OCC)(OCC)OCC)C1)(OCC)OCC. The number of thioether (sulfide) groups is 1. The molecule has 3 unspecified atom stereocenters. The Labute approximate surface area is 368 Å². The molecule has 1 aliphatic rings. The Morgan fingerprint density at radius 1 is 0.375 bits per heavy atom. The third-order valence-electron chi connectivity index (χ3n) is 9.70. The summed E-state index contributed by atoms with van der Waals surface area (Å²) in [6.07, 6.45) is 11.4. The molecule has 0 N–H and O–H groups in total. The fourth-order valence-electron chi connectivity index (χ4n) is 7.50. The van der Waals surface area contributed by atoms with E-state index >= 15 is 0 Å². The van der Waals surface area contributed by atoms with E-state index in [4.69, 9.17) is 39.8 Å². The topological polar surface area (TPSA) is 83.1 Å². The van der Waals surface area contributed by atoms with Gasteiger partial charge in [-0.25, -0.2) is 0 Å². The van der Waals surface area contributed by atoms with Crippen LogP contribution in [-0.4, -0.2) is 120 Å². The normalized spacial score (nSPS) is 18.3. The van der Waals surface area contributed by atoms with Crippen LogP contribution in [0.1, 0.15) is 120 Å². The molecular formula is C39H84O9S5Si3. The third kappa shape index (κ3) is 24.6. The summed E-state index contributed by atoms with van der Waals surface area (Å²) in [5.74, 6) is 9.63. The molecule has 0 aromatic rings. The smallest absolute Gasteiger partial charge is 0.374 e. The van der Waals surface area contributed by atoms with Gasteiger partial charge >= 0.3 is 26.4 Å². The second kappa shape index (κ2) is 36.5. The van der Waals surface area contributed by atoms with Gasteiger partial charge in [0.05, 0.1) is 0 Å². The quantitative estimate of drug-likeness (QED) is 0.0331. The fraction of sp³-hybridized carbons (Fsp3) is 1.00. The van der Waals surface area contributed by atoms with E-state index in [1.54, 1.807) is 0 Å². The standard InChI is InChI=1S/C39H84O9S5Si3/c1-10-40-54(41-11-2,42-12-3)33-19-27-49-30-24-37-22-23-38(25-31-52-50-28-20-34-55(43-13-4,44-14-5)45-15-6)39(36-37)26-32-53-51-29-21-35-56(46-16-7,47-17-8)48-18-9/h37-39H,10-36H2,1-9H3. The largest absolute Gasteiger partial charge is 0.500 e. The average Bonchev–Trinajstić information content (AvgIpc) is 3.17. The molecule has 0 radical (unpaired) electrons. The molecule has 56 heavy (non-hydrogen) atoms. The number of rotatable bonds is 41. The molecule has 0 heterocycles. The van der Waals surface area contributed by atoms with Crippen molar-refractivity contribution >= 4 is 81.4 Å². The van der Waals surface area contributed by atoms with E-state index in [2.05, 4.69) is 33.3 Å². The Balaban J connectivity index is 2.62. The van der Waals surface area contributed by atoms with E-state index in [1.165, 1.54) is 55.8 Å². The molecule has 0 aromatic heterocycles. The lowest BCUT2D eigenvalue weighted by molar-refractivity contribution is 0.0704. The Morgan fingerprint density at radius 2 is 0.714 bits per heavy atom. The zero-order valence-electron chi connectivity index (χ0n) is 37.0. The van der Waals surface area contributed by atoms with Crippen molar-refractivity contribution in [3.05, 3.63) is 0 Å². The molecule has 1 aliphatic carbocycles. The Kier molecular flexibility index (Phi) is 36.6. The first-order chi connectivity index (χ1) is 27.3. The maximum Gasteiger partial charge on any atom is 0.500 e. The van der Waals surface area contributed by atoms with Gasteiger partial charge in [0.1, 0.15) is 0 Å². The molecule has 0 aromatic carbocycles. The fourth-order valence-corrected chi connectivity index (χ4v) is 21.6. The molecule has 0 amide bonds. The van der Waals surface area contributed by atoms with E-state index in [0.29, 0.717) is 59.5 Å². The van der Waals surface area contributed by atoms with Gasteiger partial charge in [-0.3, -0.25) is 0 Å². The molecule has 1 rings (SSSR count). The molecule has 1 fully saturated rings. The van der Waals surface area contributed by atoms with E-state index in [9.17, 15) is 0 Å². The summed E-state index contributed by atoms with van der Waals surface area (Å²) in [6, 6.07) is 2.72. The van der Waals surface area contributed by atoms with Crippen LogP contribution in [0.3, 0.4) is 0 Å². The predicted molar refractivity (Wildman–Crippen MR) is 255 cm³/mol. The minimum absolute atomic E-state index is 0.645. The van der Waals surface area contributed by atoms with Gasteiger partial charge in [-0.2, -0.15) is 11.8 Å². The predicted octanol–water partition coefficient (Wildman–Crippen LogP) is 12.0. The van der Waals surface area contributed by atoms with Gasteiger partial charge in [-0.05, 0) is 143 Å². The zero-order valence-corrected chi connectivity index (χ0v) is 44.1. The molecule has 0 saturated heterocycles. The summed E-state index contributed by atoms with van der Waals surface area (Å²) in [4.78, 5) is 0. The molecule has 1 saturated carbocycles. The lowest BCUT2D eigenvalue weighted by Gasteiger charge is -2.36. The van der Waals surface area contributed by atoms with Crippen LogP contribution >= 0.6 is 54.9 Å². The Hall–Kier alpha value is 2.04. The van der Waals surface area contributed by atoms with Gasteiger partial charge in [0.2, 0.25) is 0 Å². The van der Waals surface area contributed by atoms with Crippen LogP contribution in [0.2, 0.25) is 18.1 Å². The van der Waals surface area contributed by atoms with E-state index in [1.807, 2.05) is 83.9 Å². The van der Waals surface area contributed by atoms with Crippen LogP contribution < -0.4 is 0 Å². The minimum Gasteiger partial charge on any atom is -0.374 e. The van der Waals surface area contributed by atoms with Crippen LogP contribution in [0.4, 0.5) is 0 Å². The molecule has 0 bridgehead atoms. The van der Waals surface area contributed by atoms with Gasteiger partial charge < -0.3 is 39.8 Å². The van der Waals surface area contributed by atoms with Gasteiger partial charge in [0.25, 0.3) is 0 Å². The van der Waals surface area contributed by atoms with Crippen molar-refractivity contribution in [1.82, 2.24) is 0 Å². The highest BCUT2D eigenvalue weighted by atomic mass is 33.1. The van der Waals surface area contributed by atoms with Crippen molar-refractivity contribution in [2.75, 3.05) is 94.0 Å². The molecule has 336 valence electrons. The van der Waals surface area contributed by atoms with Crippen LogP contribution in [0, 0.1) is 17.8 Å². The molecule has 0 spiro atoms. The first-order valence-electron chi connectivity index (χ1n) is 22.1. The summed E-state index contributed by atoms with van der Waals surface area (Å²) in [5, 5.41) is 0. The highest BCUT2D eigenvalue weighted by Gasteiger charge is 2.41. The van der Waals surface area contributed by atoms with Gasteiger partial charge in [0, 0.05) is 101 Å². The monoisotopic (exact) mass is 940 g/mol. The number of hydrogen-bond acceptors (Lipinski definition) is 14. The van der Waals surface area contributed by atoms with Crippen molar-refractivity contribution in [1.29, 1.82) is 0 Å². The van der Waals surface area contributed by atoms with Gasteiger partial charge in [-0.1, -0.05) is 49.6 Å². The molecular weight excluding hydrogens is 857 g/mol. The molecule has 0 aliphatic heterocycles. The van der Waals surface area contributed by atoms with Crippen molar-refractivity contribution in [2.45, 2.75) is 138 Å². The summed E-state index contributed by atoms with van der Waals surface area (Å²) in [5.41, 5.74) is 0. The minimum atomic E-state index is -2.55. The zero-order chi connectivity index (χ0) is 41.2. The van der Waals surface area contributed by atoms with Crippen molar-refractivity contribution in [3.8, 4) is 0 Å². The van der Waals surface area contributed by atoms with Crippen LogP contribution in [0.5, 0.6) is 0 Å². The molecule has 17 heteroatoms. The van der Waals surface area contributed by atoms with Gasteiger partial charge in [-0.15, -0.1) is 0 Å². The lowest BCUT2D eigenvalue weighted by atomic mass is 9.71. The summed E-state index contributed by atoms with van der Waals surface area (Å²) < 4.78 is 54.6. The second-order valence-electron chi connectivity index (χ2n) is 13.7. The molecule has 3 atom stereocenters. The molecule has 9 nitrogen and oxygen atoms in total. The van der Waals surface area contributed by atoms with Crippen molar-refractivity contribution < 1.29 is 39.8 Å². The third-order valence-corrected chi connectivity index (χ3v) is 25.3. The lowest BCUT2D eigenvalue weighted by Crippen LogP contribution is -2.46.